The number of nitrogens with one attached hydrogen (secondary N) is 1. The van der Waals surface area contributed by atoms with E-state index in [-0.39, 0.29) is 5.91 Å². The van der Waals surface area contributed by atoms with Crippen molar-refractivity contribution in [2.24, 2.45) is 0 Å². The van der Waals surface area contributed by atoms with E-state index < -0.39 is 0 Å². The van der Waals surface area contributed by atoms with Gasteiger partial charge in [-0.1, -0.05) is 6.07 Å². The van der Waals surface area contributed by atoms with Crippen LogP contribution in [0.15, 0.2) is 48.8 Å². The number of carbonyl (C=O) groups excluding carboxylic acids is 1. The third-order valence-corrected chi connectivity index (χ3v) is 4.50. The number of aryl methyl sites for hydroxylation is 1. The van der Waals surface area contributed by atoms with Crippen molar-refractivity contribution in [2.75, 3.05) is 12.4 Å². The lowest BCUT2D eigenvalue weighted by molar-refractivity contribution is 0.103. The van der Waals surface area contributed by atoms with Gasteiger partial charge in [0.1, 0.15) is 28.0 Å². The highest BCUT2D eigenvalue weighted by atomic mass is 32.1. The van der Waals surface area contributed by atoms with Gasteiger partial charge < -0.3 is 14.8 Å². The van der Waals surface area contributed by atoms with Crippen LogP contribution in [0.25, 0.3) is 0 Å². The number of ether oxygens (including phenoxy) is 2. The molecule has 1 amide bonds. The Hall–Kier alpha value is -2.93. The standard InChI is InChI=1S/C18H17N3O3S/c1-12-17(18(22)21-13-5-3-6-14(9-13)23-2)25-16(20-12)11-24-15-7-4-8-19-10-15/h3-10H,11H2,1-2H3,(H,21,22). The van der Waals surface area contributed by atoms with Crippen LogP contribution in [0.4, 0.5) is 5.69 Å². The molecular weight excluding hydrogens is 338 g/mol. The van der Waals surface area contributed by atoms with Gasteiger partial charge in [-0.2, -0.15) is 0 Å². The molecule has 6 nitrogen and oxygen atoms in total. The monoisotopic (exact) mass is 355 g/mol. The van der Waals surface area contributed by atoms with Gasteiger partial charge in [0.2, 0.25) is 0 Å². The van der Waals surface area contributed by atoms with Crippen LogP contribution in [0, 0.1) is 6.92 Å². The molecule has 0 aliphatic rings. The van der Waals surface area contributed by atoms with Crippen LogP contribution in [-0.4, -0.2) is 23.0 Å². The van der Waals surface area contributed by atoms with E-state index in [1.807, 2.05) is 31.2 Å². The summed E-state index contributed by atoms with van der Waals surface area (Å²) >= 11 is 1.32. The fraction of sp³-hybridized carbons (Fsp3) is 0.167. The molecule has 0 bridgehead atoms. The molecule has 0 saturated carbocycles. The van der Waals surface area contributed by atoms with Gasteiger partial charge in [0.25, 0.3) is 5.91 Å². The fourth-order valence-electron chi connectivity index (χ4n) is 2.19. The first-order valence-electron chi connectivity index (χ1n) is 7.60. The average molecular weight is 355 g/mol. The predicted molar refractivity (Wildman–Crippen MR) is 96.4 cm³/mol. The van der Waals surface area contributed by atoms with E-state index in [9.17, 15) is 4.79 Å². The van der Waals surface area contributed by atoms with E-state index in [2.05, 4.69) is 15.3 Å². The third kappa shape index (κ3) is 4.33. The maximum atomic E-state index is 12.5. The third-order valence-electron chi connectivity index (χ3n) is 3.37. The summed E-state index contributed by atoms with van der Waals surface area (Å²) in [5, 5.41) is 3.60. The smallest absolute Gasteiger partial charge is 0.267 e. The second-order valence-corrected chi connectivity index (χ2v) is 6.27. The number of anilines is 1. The van der Waals surface area contributed by atoms with E-state index in [1.54, 1.807) is 31.6 Å². The molecule has 1 N–H and O–H groups in total. The number of hydrogen-bond donors (Lipinski definition) is 1. The van der Waals surface area contributed by atoms with Crippen LogP contribution in [0.3, 0.4) is 0 Å². The molecule has 0 saturated heterocycles. The van der Waals surface area contributed by atoms with Gasteiger partial charge in [0, 0.05) is 18.0 Å². The summed E-state index contributed by atoms with van der Waals surface area (Å²) in [6, 6.07) is 10.8. The van der Waals surface area contributed by atoms with Crippen LogP contribution in [0.5, 0.6) is 11.5 Å². The molecular formula is C18H17N3O3S. The number of amides is 1. The quantitative estimate of drug-likeness (QED) is 0.730. The number of methoxy groups -OCH3 is 1. The summed E-state index contributed by atoms with van der Waals surface area (Å²) in [6.07, 6.45) is 3.32. The van der Waals surface area contributed by atoms with Crippen LogP contribution in [-0.2, 0) is 6.61 Å². The molecule has 25 heavy (non-hydrogen) atoms. The lowest BCUT2D eigenvalue weighted by Gasteiger charge is -2.06. The van der Waals surface area contributed by atoms with Gasteiger partial charge >= 0.3 is 0 Å². The van der Waals surface area contributed by atoms with Gasteiger partial charge in [0.05, 0.1) is 19.0 Å². The van der Waals surface area contributed by atoms with Crippen LogP contribution >= 0.6 is 11.3 Å². The van der Waals surface area contributed by atoms with Crippen molar-refractivity contribution in [3.8, 4) is 11.5 Å². The molecule has 0 unspecified atom stereocenters. The molecule has 3 rings (SSSR count). The number of aromatic nitrogens is 2. The second-order valence-electron chi connectivity index (χ2n) is 5.19. The number of benzene rings is 1. The van der Waals surface area contributed by atoms with E-state index in [0.717, 1.165) is 5.01 Å². The van der Waals surface area contributed by atoms with Gasteiger partial charge in [-0.3, -0.25) is 9.78 Å². The van der Waals surface area contributed by atoms with E-state index in [4.69, 9.17) is 9.47 Å². The van der Waals surface area contributed by atoms with Crippen molar-refractivity contribution < 1.29 is 14.3 Å². The molecule has 1 aromatic carbocycles. The Labute approximate surface area is 149 Å². The Kier molecular flexibility index (Phi) is 5.25. The SMILES string of the molecule is COc1cccc(NC(=O)c2sc(COc3cccnc3)nc2C)c1. The molecule has 0 atom stereocenters. The molecule has 0 aliphatic carbocycles. The van der Waals surface area contributed by atoms with Crippen LogP contribution in [0.2, 0.25) is 0 Å². The highest BCUT2D eigenvalue weighted by Gasteiger charge is 2.16. The molecule has 7 heteroatoms. The Morgan fingerprint density at radius 1 is 1.24 bits per heavy atom. The highest BCUT2D eigenvalue weighted by Crippen LogP contribution is 2.23. The first-order chi connectivity index (χ1) is 12.2. The van der Waals surface area contributed by atoms with E-state index in [1.165, 1.54) is 11.3 Å². The van der Waals surface area contributed by atoms with Crippen molar-refractivity contribution in [1.82, 2.24) is 9.97 Å². The van der Waals surface area contributed by atoms with Crippen LogP contribution < -0.4 is 14.8 Å². The lowest BCUT2D eigenvalue weighted by atomic mass is 10.3. The number of pyridine rings is 1. The Morgan fingerprint density at radius 2 is 2.08 bits per heavy atom. The molecule has 2 aromatic heterocycles. The predicted octanol–water partition coefficient (Wildman–Crippen LogP) is 3.69. The largest absolute Gasteiger partial charge is 0.497 e. The number of thiazole rings is 1. The highest BCUT2D eigenvalue weighted by molar-refractivity contribution is 7.13. The van der Waals surface area contributed by atoms with Crippen molar-refractivity contribution in [3.63, 3.8) is 0 Å². The first kappa shape index (κ1) is 16.9. The molecule has 0 fully saturated rings. The van der Waals surface area contributed by atoms with Crippen molar-refractivity contribution in [3.05, 3.63) is 64.4 Å². The summed E-state index contributed by atoms with van der Waals surface area (Å²) in [4.78, 5) is 21.5. The normalized spacial score (nSPS) is 10.3. The molecule has 0 spiro atoms. The zero-order valence-corrected chi connectivity index (χ0v) is 14.7. The van der Waals surface area contributed by atoms with E-state index in [0.29, 0.717) is 34.4 Å². The van der Waals surface area contributed by atoms with Crippen molar-refractivity contribution >= 4 is 22.9 Å². The van der Waals surface area contributed by atoms with Gasteiger partial charge in [0.15, 0.2) is 0 Å². The Morgan fingerprint density at radius 3 is 2.84 bits per heavy atom. The maximum absolute atomic E-state index is 12.5. The molecule has 0 radical (unpaired) electrons. The fourth-order valence-corrected chi connectivity index (χ4v) is 3.06. The first-order valence-corrected chi connectivity index (χ1v) is 8.42. The number of carbonyl (C=O) groups is 1. The number of nitrogens with zero attached hydrogens (tertiary/aromatic N) is 2. The minimum Gasteiger partial charge on any atom is -0.497 e. The van der Waals surface area contributed by atoms with Crippen molar-refractivity contribution in [1.29, 1.82) is 0 Å². The topological polar surface area (TPSA) is 73.3 Å². The summed E-state index contributed by atoms with van der Waals surface area (Å²) in [5.41, 5.74) is 1.35. The molecule has 0 aliphatic heterocycles. The minimum absolute atomic E-state index is 0.198. The Balaban J connectivity index is 1.67. The Bertz CT molecular complexity index is 865. The summed E-state index contributed by atoms with van der Waals surface area (Å²) in [6.45, 7) is 2.11. The van der Waals surface area contributed by atoms with E-state index >= 15 is 0 Å². The van der Waals surface area contributed by atoms with Crippen molar-refractivity contribution in [2.45, 2.75) is 13.5 Å². The van der Waals surface area contributed by atoms with Gasteiger partial charge in [-0.05, 0) is 31.2 Å². The molecule has 3 aromatic rings. The average Bonchev–Trinajstić information content (AvgIpc) is 3.02. The zero-order chi connectivity index (χ0) is 17.6. The van der Waals surface area contributed by atoms with Crippen LogP contribution in [0.1, 0.15) is 20.4 Å². The zero-order valence-electron chi connectivity index (χ0n) is 13.9. The summed E-state index contributed by atoms with van der Waals surface area (Å²) in [7, 11) is 1.59. The minimum atomic E-state index is -0.198. The number of rotatable bonds is 6. The van der Waals surface area contributed by atoms with Gasteiger partial charge in [-0.15, -0.1) is 11.3 Å². The van der Waals surface area contributed by atoms with Gasteiger partial charge in [-0.25, -0.2) is 4.98 Å². The molecule has 128 valence electrons. The summed E-state index contributed by atoms with van der Waals surface area (Å²) < 4.78 is 10.8. The molecule has 2 heterocycles. The lowest BCUT2D eigenvalue weighted by Crippen LogP contribution is -2.11. The number of hydrogen-bond acceptors (Lipinski definition) is 6. The maximum Gasteiger partial charge on any atom is 0.267 e. The second kappa shape index (κ2) is 7.76. The summed E-state index contributed by atoms with van der Waals surface area (Å²) in [5.74, 6) is 1.15.